The Hall–Kier alpha value is -2.18. The number of unbranched alkanes of at least 4 members (excludes halogenated alkanes) is 1. The number of hydrogen-bond donors (Lipinski definition) is 0. The molecule has 2 fully saturated rings. The van der Waals surface area contributed by atoms with Crippen LogP contribution in [0.5, 0.6) is 5.75 Å². The van der Waals surface area contributed by atoms with Crippen molar-refractivity contribution in [2.75, 3.05) is 48.6 Å². The molecule has 0 unspecified atom stereocenters. The van der Waals surface area contributed by atoms with Crippen LogP contribution >= 0.6 is 0 Å². The van der Waals surface area contributed by atoms with Crippen LogP contribution in [0.4, 0.5) is 0 Å². The molecule has 0 spiro atoms. The lowest BCUT2D eigenvalue weighted by Crippen LogP contribution is -2.69. The van der Waals surface area contributed by atoms with Gasteiger partial charge in [-0.25, -0.2) is 0 Å². The smallest absolute Gasteiger partial charge is 0.305 e. The number of ether oxygens (including phenoxy) is 11. The Kier molecular flexibility index (Phi) is 18.5. The van der Waals surface area contributed by atoms with E-state index in [4.69, 9.17) is 56.5 Å². The molecule has 0 aromatic heterocycles. The number of methoxy groups -OCH3 is 4. The van der Waals surface area contributed by atoms with Gasteiger partial charge in [0.05, 0.1) is 32.0 Å². The molecule has 2 heterocycles. The van der Waals surface area contributed by atoms with Gasteiger partial charge in [-0.1, -0.05) is 46.8 Å². The van der Waals surface area contributed by atoms with Crippen molar-refractivity contribution in [1.82, 2.24) is 0 Å². The molecule has 0 radical (unpaired) electrons. The molecule has 316 valence electrons. The van der Waals surface area contributed by atoms with E-state index in [9.17, 15) is 9.59 Å². The van der Waals surface area contributed by atoms with Crippen LogP contribution in [0.25, 0.3) is 0 Å². The summed E-state index contributed by atoms with van der Waals surface area (Å²) in [4.78, 5) is 25.1. The first-order valence-corrected chi connectivity index (χ1v) is 22.2. The summed E-state index contributed by atoms with van der Waals surface area (Å²) >= 11 is 0. The zero-order valence-corrected chi connectivity index (χ0v) is 36.4. The summed E-state index contributed by atoms with van der Waals surface area (Å²) in [5.41, 5.74) is 1.06. The van der Waals surface area contributed by atoms with E-state index in [1.54, 1.807) is 14.2 Å². The van der Waals surface area contributed by atoms with E-state index in [0.29, 0.717) is 19.6 Å². The van der Waals surface area contributed by atoms with Crippen molar-refractivity contribution < 1.29 is 66.1 Å². The third kappa shape index (κ3) is 12.9. The molecule has 15 heteroatoms. The van der Waals surface area contributed by atoms with Crippen LogP contribution in [-0.4, -0.2) is 118 Å². The molecule has 10 atom stereocenters. The number of benzene rings is 1. The average Bonchev–Trinajstić information content (AvgIpc) is 3.12. The molecule has 3 rings (SSSR count). The number of rotatable bonds is 21. The number of carbonyl (C=O) groups is 2. The average molecular weight is 801 g/mol. The topological polar surface area (TPSA) is 145 Å². The Bertz CT molecular complexity index is 1310. The van der Waals surface area contributed by atoms with Crippen molar-refractivity contribution in [1.29, 1.82) is 0 Å². The Morgan fingerprint density at radius 2 is 1.51 bits per heavy atom. The molecule has 0 aliphatic carbocycles. The Morgan fingerprint density at radius 1 is 0.891 bits per heavy atom. The highest BCUT2D eigenvalue weighted by Gasteiger charge is 2.61. The predicted octanol–water partition coefficient (Wildman–Crippen LogP) is 6.37. The van der Waals surface area contributed by atoms with Gasteiger partial charge in [0.1, 0.15) is 37.6 Å². The molecule has 14 nitrogen and oxygen atoms in total. The summed E-state index contributed by atoms with van der Waals surface area (Å²) in [7, 11) is 3.62. The summed E-state index contributed by atoms with van der Waals surface area (Å²) in [5.74, 6) is -2.23. The Balaban J connectivity index is 2.00. The minimum Gasteiger partial charge on any atom is -0.497 e. The van der Waals surface area contributed by atoms with Gasteiger partial charge in [0.25, 0.3) is 0 Å². The van der Waals surface area contributed by atoms with Crippen LogP contribution < -0.4 is 4.74 Å². The first-order valence-electron chi connectivity index (χ1n) is 19.3. The quantitative estimate of drug-likeness (QED) is 0.0587. The summed E-state index contributed by atoms with van der Waals surface area (Å²) in [6.45, 7) is 18.3. The van der Waals surface area contributed by atoms with Gasteiger partial charge in [0, 0.05) is 60.0 Å². The summed E-state index contributed by atoms with van der Waals surface area (Å²) in [6, 6.07) is 7.81. The lowest BCUT2D eigenvalue weighted by Gasteiger charge is -2.56. The van der Waals surface area contributed by atoms with Gasteiger partial charge in [0.15, 0.2) is 14.1 Å². The van der Waals surface area contributed by atoms with Crippen molar-refractivity contribution in [3.63, 3.8) is 0 Å². The molecule has 0 N–H and O–H groups in total. The molecule has 0 bridgehead atoms. The van der Waals surface area contributed by atoms with Crippen molar-refractivity contribution in [2.24, 2.45) is 11.8 Å². The van der Waals surface area contributed by atoms with Gasteiger partial charge in [-0.05, 0) is 55.1 Å². The zero-order valence-electron chi connectivity index (χ0n) is 35.4. The second-order valence-electron chi connectivity index (χ2n) is 16.1. The Labute approximate surface area is 329 Å². The van der Waals surface area contributed by atoms with Gasteiger partial charge in [0.2, 0.25) is 6.29 Å². The molecular formula is C40H68O14Si. The molecule has 2 aliphatic rings. The maximum Gasteiger partial charge on any atom is 0.305 e. The van der Waals surface area contributed by atoms with Crippen LogP contribution in [0, 0.1) is 11.8 Å². The van der Waals surface area contributed by atoms with Crippen molar-refractivity contribution >= 4 is 20.3 Å². The third-order valence-corrected chi connectivity index (χ3v) is 15.5. The molecule has 2 aliphatic heterocycles. The molecule has 0 amide bonds. The fourth-order valence-electron chi connectivity index (χ4n) is 6.91. The van der Waals surface area contributed by atoms with E-state index < -0.39 is 68.8 Å². The highest BCUT2D eigenvalue weighted by molar-refractivity contribution is 6.74. The van der Waals surface area contributed by atoms with E-state index in [1.807, 2.05) is 38.1 Å². The van der Waals surface area contributed by atoms with Crippen molar-refractivity contribution in [3.8, 4) is 5.75 Å². The van der Waals surface area contributed by atoms with Crippen LogP contribution in [0.2, 0.25) is 18.1 Å². The number of esters is 2. The summed E-state index contributed by atoms with van der Waals surface area (Å²) in [5, 5.41) is -0.230. The van der Waals surface area contributed by atoms with E-state index in [2.05, 4.69) is 33.9 Å². The zero-order chi connectivity index (χ0) is 41.0. The van der Waals surface area contributed by atoms with Gasteiger partial charge >= 0.3 is 11.9 Å². The molecule has 1 aromatic rings. The van der Waals surface area contributed by atoms with E-state index in [-0.39, 0.29) is 37.1 Å². The molecular weight excluding hydrogens is 733 g/mol. The molecule has 1 aromatic carbocycles. The fourth-order valence-corrected chi connectivity index (χ4v) is 8.21. The highest BCUT2D eigenvalue weighted by Crippen LogP contribution is 2.48. The Morgan fingerprint density at radius 3 is 2.05 bits per heavy atom. The van der Waals surface area contributed by atoms with Crippen LogP contribution in [0.15, 0.2) is 24.3 Å². The van der Waals surface area contributed by atoms with E-state index in [0.717, 1.165) is 24.2 Å². The lowest BCUT2D eigenvalue weighted by molar-refractivity contribution is -0.372. The second-order valence-corrected chi connectivity index (χ2v) is 20.8. The monoisotopic (exact) mass is 800 g/mol. The second kappa shape index (κ2) is 21.5. The van der Waals surface area contributed by atoms with Gasteiger partial charge < -0.3 is 56.5 Å². The van der Waals surface area contributed by atoms with Gasteiger partial charge in [-0.2, -0.15) is 0 Å². The number of hydrogen-bond acceptors (Lipinski definition) is 14. The maximum absolute atomic E-state index is 12.6. The lowest BCUT2D eigenvalue weighted by atomic mass is 9.79. The minimum atomic E-state index is -2.63. The standard InChI is InChI=1S/C40H68O14Si/c1-26-32(16-14-15-21-47-23-30-17-19-31(45-10)20-18-30)53-40(46-11,22-33(26)50-28(3)41)37(54-55(12,13)39(5,6)7)35-27(2)34(48-24-43-8)36(49-25-44-9)38(52-35)51-29(4)42/h17-20,26-27,32-38H,14-16,21-25H2,1-13H3/t26-,27+,32+,33-,34+,35+,36-,37-,38-,40+/m0/s1. The van der Waals surface area contributed by atoms with Crippen molar-refractivity contribution in [3.05, 3.63) is 29.8 Å². The summed E-state index contributed by atoms with van der Waals surface area (Å²) < 4.78 is 73.5. The highest BCUT2D eigenvalue weighted by atomic mass is 28.4. The van der Waals surface area contributed by atoms with E-state index >= 15 is 0 Å². The SMILES string of the molecule is COCO[C@@H]1[C@@H](OC(C)=O)O[C@@H]([C@H](O[Si](C)(C)C(C)(C)C)[C@@]2(OC)C[C@H](OC(C)=O)[C@@H](C)[C@@H](CCCCOCc3ccc(OC)cc3)O2)[C@H](C)[C@H]1OCOC. The first kappa shape index (κ1) is 47.2. The molecule has 55 heavy (non-hydrogen) atoms. The van der Waals surface area contributed by atoms with Crippen LogP contribution in [-0.2, 0) is 68.0 Å². The van der Waals surface area contributed by atoms with E-state index in [1.165, 1.54) is 28.1 Å². The minimum absolute atomic E-state index is 0.0566. The molecule has 2 saturated heterocycles. The maximum atomic E-state index is 12.6. The normalized spacial score (nSPS) is 29.4. The van der Waals surface area contributed by atoms with Crippen molar-refractivity contribution in [2.45, 2.75) is 148 Å². The largest absolute Gasteiger partial charge is 0.497 e. The summed E-state index contributed by atoms with van der Waals surface area (Å²) in [6.07, 6.45) is -3.03. The van der Waals surface area contributed by atoms with Crippen LogP contribution in [0.3, 0.4) is 0 Å². The number of carbonyl (C=O) groups excluding carboxylic acids is 2. The third-order valence-electron chi connectivity index (χ3n) is 11.0. The molecule has 0 saturated carbocycles. The van der Waals surface area contributed by atoms with Crippen LogP contribution in [0.1, 0.15) is 79.7 Å². The predicted molar refractivity (Wildman–Crippen MR) is 206 cm³/mol. The van der Waals surface area contributed by atoms with Gasteiger partial charge in [-0.3, -0.25) is 9.59 Å². The fraction of sp³-hybridized carbons (Fsp3) is 0.800. The first-order chi connectivity index (χ1) is 25.9. The van der Waals surface area contributed by atoms with Gasteiger partial charge in [-0.15, -0.1) is 0 Å².